The van der Waals surface area contributed by atoms with Gasteiger partial charge in [-0.05, 0) is 30.2 Å². The summed E-state index contributed by atoms with van der Waals surface area (Å²) in [5.41, 5.74) is 6.21. The van der Waals surface area contributed by atoms with E-state index >= 15 is 0 Å². The van der Waals surface area contributed by atoms with Crippen molar-refractivity contribution in [3.63, 3.8) is 0 Å². The lowest BCUT2D eigenvalue weighted by molar-refractivity contribution is 0.111. The Balaban J connectivity index is 2.33. The van der Waals surface area contributed by atoms with Gasteiger partial charge in [0.2, 0.25) is 0 Å². The zero-order valence-corrected chi connectivity index (χ0v) is 11.3. The summed E-state index contributed by atoms with van der Waals surface area (Å²) in [6, 6.07) is 0.894. The van der Waals surface area contributed by atoms with Gasteiger partial charge in [-0.15, -0.1) is 0 Å². The molecule has 0 radical (unpaired) electrons. The first-order valence-corrected chi connectivity index (χ1v) is 6.73. The maximum Gasteiger partial charge on any atom is 0.161 e. The van der Waals surface area contributed by atoms with Crippen LogP contribution in [0.3, 0.4) is 0 Å². The van der Waals surface area contributed by atoms with E-state index in [1.54, 1.807) is 0 Å². The molecule has 0 aromatic heterocycles. The monoisotopic (exact) mass is 271 g/mol. The number of hydrogen-bond acceptors (Lipinski definition) is 1. The highest BCUT2D eigenvalue weighted by atomic mass is 19.2. The minimum absolute atomic E-state index is 0.00499. The van der Waals surface area contributed by atoms with Crippen molar-refractivity contribution < 1.29 is 13.2 Å². The van der Waals surface area contributed by atoms with Gasteiger partial charge in [0, 0.05) is 17.7 Å². The van der Waals surface area contributed by atoms with Crippen LogP contribution in [0.5, 0.6) is 0 Å². The van der Waals surface area contributed by atoms with Gasteiger partial charge in [-0.1, -0.05) is 26.7 Å². The SMILES string of the molecule is CC1(C)CCCCC1C(N)c1cc(F)c(F)cc1F. The Morgan fingerprint density at radius 1 is 1.11 bits per heavy atom. The topological polar surface area (TPSA) is 26.0 Å². The van der Waals surface area contributed by atoms with Gasteiger partial charge in [-0.25, -0.2) is 13.2 Å². The zero-order valence-electron chi connectivity index (χ0n) is 11.3. The minimum Gasteiger partial charge on any atom is -0.324 e. The smallest absolute Gasteiger partial charge is 0.161 e. The molecule has 2 N–H and O–H groups in total. The number of hydrogen-bond donors (Lipinski definition) is 1. The Kier molecular flexibility index (Phi) is 3.90. The molecule has 0 aliphatic heterocycles. The number of benzene rings is 1. The zero-order chi connectivity index (χ0) is 14.2. The van der Waals surface area contributed by atoms with Crippen LogP contribution in [0.4, 0.5) is 13.2 Å². The largest absolute Gasteiger partial charge is 0.324 e. The molecular formula is C15H20F3N. The van der Waals surface area contributed by atoms with Crippen molar-refractivity contribution in [1.29, 1.82) is 0 Å². The van der Waals surface area contributed by atoms with Crippen LogP contribution in [0.1, 0.15) is 51.1 Å². The quantitative estimate of drug-likeness (QED) is 0.796. The van der Waals surface area contributed by atoms with E-state index in [9.17, 15) is 13.2 Å². The number of halogens is 3. The maximum atomic E-state index is 13.8. The Hall–Kier alpha value is -1.03. The summed E-state index contributed by atoms with van der Waals surface area (Å²) in [5, 5.41) is 0. The molecule has 1 aromatic carbocycles. The summed E-state index contributed by atoms with van der Waals surface area (Å²) >= 11 is 0. The van der Waals surface area contributed by atoms with Gasteiger partial charge < -0.3 is 5.73 Å². The van der Waals surface area contributed by atoms with Crippen LogP contribution in [0.2, 0.25) is 0 Å². The molecule has 4 heteroatoms. The highest BCUT2D eigenvalue weighted by molar-refractivity contribution is 5.24. The predicted molar refractivity (Wildman–Crippen MR) is 69.0 cm³/mol. The lowest BCUT2D eigenvalue weighted by Crippen LogP contribution is -2.36. The lowest BCUT2D eigenvalue weighted by atomic mass is 9.65. The third-order valence-corrected chi connectivity index (χ3v) is 4.42. The van der Waals surface area contributed by atoms with Crippen LogP contribution in [-0.4, -0.2) is 0 Å². The third-order valence-electron chi connectivity index (χ3n) is 4.42. The normalized spacial score (nSPS) is 24.2. The molecule has 106 valence electrons. The molecule has 1 aromatic rings. The summed E-state index contributed by atoms with van der Waals surface area (Å²) in [5.74, 6) is -2.88. The molecule has 0 amide bonds. The van der Waals surface area contributed by atoms with Crippen molar-refractivity contribution in [3.8, 4) is 0 Å². The number of rotatable bonds is 2. The molecule has 1 nitrogen and oxygen atoms in total. The molecule has 2 atom stereocenters. The van der Waals surface area contributed by atoms with Crippen molar-refractivity contribution in [3.05, 3.63) is 35.1 Å². The van der Waals surface area contributed by atoms with Gasteiger partial charge in [-0.2, -0.15) is 0 Å². The minimum atomic E-state index is -1.17. The average molecular weight is 271 g/mol. The Bertz CT molecular complexity index is 471. The summed E-state index contributed by atoms with van der Waals surface area (Å²) in [6.45, 7) is 4.21. The second kappa shape index (κ2) is 5.16. The molecular weight excluding hydrogens is 251 g/mol. The standard InChI is InChI=1S/C15H20F3N/c1-15(2)6-4-3-5-10(15)14(19)9-7-12(17)13(18)8-11(9)16/h7-8,10,14H,3-6,19H2,1-2H3. The Morgan fingerprint density at radius 2 is 1.74 bits per heavy atom. The van der Waals surface area contributed by atoms with E-state index in [2.05, 4.69) is 13.8 Å². The Morgan fingerprint density at radius 3 is 2.37 bits per heavy atom. The number of nitrogens with two attached hydrogens (primary N) is 1. The molecule has 0 spiro atoms. The molecule has 19 heavy (non-hydrogen) atoms. The first-order valence-electron chi connectivity index (χ1n) is 6.73. The van der Waals surface area contributed by atoms with E-state index in [-0.39, 0.29) is 16.9 Å². The van der Waals surface area contributed by atoms with Crippen molar-refractivity contribution in [2.45, 2.75) is 45.6 Å². The molecule has 2 unspecified atom stereocenters. The van der Waals surface area contributed by atoms with Crippen LogP contribution in [-0.2, 0) is 0 Å². The molecule has 1 aliphatic carbocycles. The fourth-order valence-electron chi connectivity index (χ4n) is 3.20. The van der Waals surface area contributed by atoms with Crippen LogP contribution in [0.25, 0.3) is 0 Å². The van der Waals surface area contributed by atoms with E-state index in [4.69, 9.17) is 5.73 Å². The molecule has 0 bridgehead atoms. The summed E-state index contributed by atoms with van der Waals surface area (Å²) in [6.07, 6.45) is 4.10. The van der Waals surface area contributed by atoms with E-state index in [0.717, 1.165) is 31.7 Å². The molecule has 0 heterocycles. The Labute approximate surface area is 112 Å². The van der Waals surface area contributed by atoms with E-state index < -0.39 is 23.5 Å². The fraction of sp³-hybridized carbons (Fsp3) is 0.600. The van der Waals surface area contributed by atoms with E-state index in [1.165, 1.54) is 0 Å². The van der Waals surface area contributed by atoms with Crippen molar-refractivity contribution in [2.24, 2.45) is 17.1 Å². The van der Waals surface area contributed by atoms with Crippen LogP contribution >= 0.6 is 0 Å². The highest BCUT2D eigenvalue weighted by Crippen LogP contribution is 2.46. The van der Waals surface area contributed by atoms with E-state index in [0.29, 0.717) is 6.07 Å². The summed E-state index contributed by atoms with van der Waals surface area (Å²) < 4.78 is 40.0. The van der Waals surface area contributed by atoms with Crippen molar-refractivity contribution in [1.82, 2.24) is 0 Å². The molecule has 1 fully saturated rings. The van der Waals surface area contributed by atoms with Crippen LogP contribution < -0.4 is 5.73 Å². The highest BCUT2D eigenvalue weighted by Gasteiger charge is 2.37. The van der Waals surface area contributed by atoms with Crippen molar-refractivity contribution in [2.75, 3.05) is 0 Å². The van der Waals surface area contributed by atoms with Crippen molar-refractivity contribution >= 4 is 0 Å². The van der Waals surface area contributed by atoms with Crippen LogP contribution in [0, 0.1) is 28.8 Å². The van der Waals surface area contributed by atoms with Gasteiger partial charge in [0.25, 0.3) is 0 Å². The molecule has 2 rings (SSSR count). The maximum absolute atomic E-state index is 13.8. The summed E-state index contributed by atoms with van der Waals surface area (Å²) in [4.78, 5) is 0. The molecule has 1 saturated carbocycles. The van der Waals surface area contributed by atoms with Gasteiger partial charge in [0.15, 0.2) is 11.6 Å². The molecule has 1 aliphatic rings. The van der Waals surface area contributed by atoms with Crippen LogP contribution in [0.15, 0.2) is 12.1 Å². The second-order valence-corrected chi connectivity index (χ2v) is 6.15. The fourth-order valence-corrected chi connectivity index (χ4v) is 3.20. The van der Waals surface area contributed by atoms with Gasteiger partial charge in [0.05, 0.1) is 0 Å². The lowest BCUT2D eigenvalue weighted by Gasteiger charge is -2.42. The first-order chi connectivity index (χ1) is 8.83. The van der Waals surface area contributed by atoms with Gasteiger partial charge in [-0.3, -0.25) is 0 Å². The average Bonchev–Trinajstić information content (AvgIpc) is 2.32. The predicted octanol–water partition coefficient (Wildman–Crippen LogP) is 4.32. The molecule has 0 saturated heterocycles. The first kappa shape index (κ1) is 14.4. The third kappa shape index (κ3) is 2.78. The second-order valence-electron chi connectivity index (χ2n) is 6.15. The van der Waals surface area contributed by atoms with Gasteiger partial charge >= 0.3 is 0 Å². The van der Waals surface area contributed by atoms with E-state index in [1.807, 2.05) is 0 Å². The van der Waals surface area contributed by atoms with Gasteiger partial charge in [0.1, 0.15) is 5.82 Å². The summed E-state index contributed by atoms with van der Waals surface area (Å²) in [7, 11) is 0.